The molecular weight excluding hydrogens is 256 g/mol. The van der Waals surface area contributed by atoms with Crippen molar-refractivity contribution in [3.8, 4) is 0 Å². The number of benzene rings is 1. The number of carboxylic acid groups (broad SMARTS) is 1. The van der Waals surface area contributed by atoms with Crippen LogP contribution in [0.25, 0.3) is 0 Å². The Hall–Kier alpha value is -2.43. The van der Waals surface area contributed by atoms with Crippen LogP contribution in [0.4, 0.5) is 11.4 Å². The van der Waals surface area contributed by atoms with Gasteiger partial charge in [0.1, 0.15) is 5.76 Å². The number of rotatable bonds is 6. The highest BCUT2D eigenvalue weighted by atomic mass is 16.4. The fourth-order valence-electron chi connectivity index (χ4n) is 2.04. The number of nitrogen functional groups attached to an aromatic ring is 1. The van der Waals surface area contributed by atoms with E-state index in [-0.39, 0.29) is 11.6 Å². The first kappa shape index (κ1) is 14.0. The predicted octanol–water partition coefficient (Wildman–Crippen LogP) is 2.99. The van der Waals surface area contributed by atoms with Crippen LogP contribution < -0.4 is 11.1 Å². The van der Waals surface area contributed by atoms with Gasteiger partial charge in [-0.25, -0.2) is 4.79 Å². The van der Waals surface area contributed by atoms with Crippen molar-refractivity contribution in [2.75, 3.05) is 11.1 Å². The van der Waals surface area contributed by atoms with E-state index < -0.39 is 5.97 Å². The molecule has 0 fully saturated rings. The predicted molar refractivity (Wildman–Crippen MR) is 77.9 cm³/mol. The first-order chi connectivity index (χ1) is 9.58. The van der Waals surface area contributed by atoms with Crippen molar-refractivity contribution in [1.29, 1.82) is 0 Å². The molecule has 0 spiro atoms. The van der Waals surface area contributed by atoms with Crippen LogP contribution in [-0.2, 0) is 6.42 Å². The van der Waals surface area contributed by atoms with Crippen LogP contribution in [0.3, 0.4) is 0 Å². The number of hydrogen-bond donors (Lipinski definition) is 3. The number of aryl methyl sites for hydroxylation is 1. The van der Waals surface area contributed by atoms with Gasteiger partial charge in [0, 0.05) is 12.5 Å². The summed E-state index contributed by atoms with van der Waals surface area (Å²) in [5, 5.41) is 12.3. The third kappa shape index (κ3) is 3.32. The van der Waals surface area contributed by atoms with Gasteiger partial charge in [0.25, 0.3) is 0 Å². The van der Waals surface area contributed by atoms with Crippen LogP contribution in [0.15, 0.2) is 41.0 Å². The fourth-order valence-corrected chi connectivity index (χ4v) is 2.04. The van der Waals surface area contributed by atoms with Crippen LogP contribution >= 0.6 is 0 Å². The number of hydrogen-bond acceptors (Lipinski definition) is 4. The van der Waals surface area contributed by atoms with Gasteiger partial charge in [-0.05, 0) is 37.6 Å². The zero-order valence-electron chi connectivity index (χ0n) is 11.3. The molecule has 1 aromatic carbocycles. The number of anilines is 2. The monoisotopic (exact) mass is 274 g/mol. The topological polar surface area (TPSA) is 88.5 Å². The molecule has 0 aliphatic heterocycles. The van der Waals surface area contributed by atoms with E-state index in [2.05, 4.69) is 5.32 Å². The minimum atomic E-state index is -0.988. The Morgan fingerprint density at radius 2 is 2.20 bits per heavy atom. The van der Waals surface area contributed by atoms with Gasteiger partial charge in [-0.15, -0.1) is 0 Å². The summed E-state index contributed by atoms with van der Waals surface area (Å²) in [6.45, 7) is 1.99. The average Bonchev–Trinajstić information content (AvgIpc) is 2.91. The standard InChI is InChI=1S/C15H18N2O3/c1-10(7-8-11-4-3-9-20-11)17-14-12(15(18)19)5-2-6-13(14)16/h2-6,9-10,17H,7-8,16H2,1H3,(H,18,19). The second-order valence-electron chi connectivity index (χ2n) is 4.74. The van der Waals surface area contributed by atoms with Gasteiger partial charge in [-0.1, -0.05) is 6.07 Å². The molecule has 5 heteroatoms. The van der Waals surface area contributed by atoms with Crippen molar-refractivity contribution in [2.45, 2.75) is 25.8 Å². The lowest BCUT2D eigenvalue weighted by Crippen LogP contribution is -2.19. The Balaban J connectivity index is 2.03. The van der Waals surface area contributed by atoms with Gasteiger partial charge >= 0.3 is 5.97 Å². The van der Waals surface area contributed by atoms with Crippen LogP contribution in [0.1, 0.15) is 29.5 Å². The molecule has 1 unspecified atom stereocenters. The van der Waals surface area contributed by atoms with Crippen LogP contribution in [0.5, 0.6) is 0 Å². The Bertz CT molecular complexity index is 579. The summed E-state index contributed by atoms with van der Waals surface area (Å²) in [6.07, 6.45) is 3.25. The zero-order valence-corrected chi connectivity index (χ0v) is 11.3. The van der Waals surface area contributed by atoms with Crippen LogP contribution in [0.2, 0.25) is 0 Å². The molecule has 0 radical (unpaired) electrons. The highest BCUT2D eigenvalue weighted by Gasteiger charge is 2.14. The molecule has 0 bridgehead atoms. The average molecular weight is 274 g/mol. The van der Waals surface area contributed by atoms with Crippen molar-refractivity contribution in [1.82, 2.24) is 0 Å². The lowest BCUT2D eigenvalue weighted by Gasteiger charge is -2.18. The molecule has 0 saturated heterocycles. The van der Waals surface area contributed by atoms with E-state index in [1.165, 1.54) is 0 Å². The van der Waals surface area contributed by atoms with Gasteiger partial charge in [-0.2, -0.15) is 0 Å². The van der Waals surface area contributed by atoms with Crippen molar-refractivity contribution in [3.63, 3.8) is 0 Å². The van der Waals surface area contributed by atoms with E-state index >= 15 is 0 Å². The number of para-hydroxylation sites is 1. The minimum absolute atomic E-state index is 0.0860. The molecule has 4 N–H and O–H groups in total. The molecule has 0 aliphatic rings. The van der Waals surface area contributed by atoms with Crippen molar-refractivity contribution in [2.24, 2.45) is 0 Å². The molecule has 5 nitrogen and oxygen atoms in total. The Kier molecular flexibility index (Phi) is 4.30. The summed E-state index contributed by atoms with van der Waals surface area (Å²) in [4.78, 5) is 11.2. The van der Waals surface area contributed by atoms with E-state index in [0.717, 1.165) is 18.6 Å². The first-order valence-electron chi connectivity index (χ1n) is 6.48. The molecule has 1 aromatic heterocycles. The summed E-state index contributed by atoms with van der Waals surface area (Å²) in [6, 6.07) is 8.73. The Morgan fingerprint density at radius 3 is 2.85 bits per heavy atom. The van der Waals surface area contributed by atoms with E-state index in [1.54, 1.807) is 24.5 Å². The summed E-state index contributed by atoms with van der Waals surface area (Å²) in [7, 11) is 0. The highest BCUT2D eigenvalue weighted by Crippen LogP contribution is 2.25. The lowest BCUT2D eigenvalue weighted by atomic mass is 10.1. The zero-order chi connectivity index (χ0) is 14.5. The number of furan rings is 1. The largest absolute Gasteiger partial charge is 0.478 e. The SMILES string of the molecule is CC(CCc1ccco1)Nc1c(N)cccc1C(=O)O. The van der Waals surface area contributed by atoms with Crippen LogP contribution in [0, 0.1) is 0 Å². The van der Waals surface area contributed by atoms with E-state index in [9.17, 15) is 9.90 Å². The normalized spacial score (nSPS) is 12.1. The molecular formula is C15H18N2O3. The number of aromatic carboxylic acids is 1. The fraction of sp³-hybridized carbons (Fsp3) is 0.267. The molecule has 0 aliphatic carbocycles. The van der Waals surface area contributed by atoms with Crippen molar-refractivity contribution in [3.05, 3.63) is 47.9 Å². The molecule has 0 amide bonds. The third-order valence-electron chi connectivity index (χ3n) is 3.12. The summed E-state index contributed by atoms with van der Waals surface area (Å²) in [5.74, 6) is -0.0730. The summed E-state index contributed by atoms with van der Waals surface area (Å²) >= 11 is 0. The summed E-state index contributed by atoms with van der Waals surface area (Å²) in [5.41, 5.74) is 6.96. The maximum absolute atomic E-state index is 11.2. The third-order valence-corrected chi connectivity index (χ3v) is 3.12. The first-order valence-corrected chi connectivity index (χ1v) is 6.48. The maximum Gasteiger partial charge on any atom is 0.337 e. The van der Waals surface area contributed by atoms with E-state index in [1.807, 2.05) is 19.1 Å². The van der Waals surface area contributed by atoms with Crippen molar-refractivity contribution < 1.29 is 14.3 Å². The molecule has 106 valence electrons. The van der Waals surface area contributed by atoms with Gasteiger partial charge in [0.05, 0.1) is 23.2 Å². The summed E-state index contributed by atoms with van der Waals surface area (Å²) < 4.78 is 5.27. The molecule has 0 saturated carbocycles. The molecule has 1 atom stereocenters. The Morgan fingerprint density at radius 1 is 1.40 bits per heavy atom. The van der Waals surface area contributed by atoms with Gasteiger partial charge in [0.2, 0.25) is 0 Å². The van der Waals surface area contributed by atoms with Gasteiger partial charge < -0.3 is 20.6 Å². The molecule has 1 heterocycles. The van der Waals surface area contributed by atoms with Crippen LogP contribution in [-0.4, -0.2) is 17.1 Å². The number of nitrogens with one attached hydrogen (secondary N) is 1. The highest BCUT2D eigenvalue weighted by molar-refractivity contribution is 5.97. The second kappa shape index (κ2) is 6.14. The second-order valence-corrected chi connectivity index (χ2v) is 4.74. The molecule has 2 rings (SSSR count). The van der Waals surface area contributed by atoms with Crippen molar-refractivity contribution >= 4 is 17.3 Å². The van der Waals surface area contributed by atoms with Gasteiger partial charge in [-0.3, -0.25) is 0 Å². The smallest absolute Gasteiger partial charge is 0.337 e. The molecule has 2 aromatic rings. The minimum Gasteiger partial charge on any atom is -0.478 e. The lowest BCUT2D eigenvalue weighted by molar-refractivity contribution is 0.0698. The van der Waals surface area contributed by atoms with E-state index in [0.29, 0.717) is 11.4 Å². The quantitative estimate of drug-likeness (QED) is 0.705. The maximum atomic E-state index is 11.2. The van der Waals surface area contributed by atoms with Gasteiger partial charge in [0.15, 0.2) is 0 Å². The van der Waals surface area contributed by atoms with E-state index in [4.69, 9.17) is 10.2 Å². The molecule has 20 heavy (non-hydrogen) atoms. The number of nitrogens with two attached hydrogens (primary N) is 1. The number of carboxylic acids is 1. The number of carbonyl (C=O) groups is 1. The Labute approximate surface area is 117 Å².